The Bertz CT molecular complexity index is 427. The van der Waals surface area contributed by atoms with Gasteiger partial charge in [0.05, 0.1) is 0 Å². The lowest BCUT2D eigenvalue weighted by atomic mass is 10.0. The summed E-state index contributed by atoms with van der Waals surface area (Å²) in [5.41, 5.74) is 5.42. The fourth-order valence-corrected chi connectivity index (χ4v) is 2.27. The van der Waals surface area contributed by atoms with Crippen LogP contribution in [0.4, 0.5) is 5.82 Å². The van der Waals surface area contributed by atoms with Crippen LogP contribution in [0.5, 0.6) is 0 Å². The van der Waals surface area contributed by atoms with Crippen LogP contribution in [0.3, 0.4) is 0 Å². The second-order valence-electron chi connectivity index (χ2n) is 4.81. The average Bonchev–Trinajstić information content (AvgIpc) is 2.39. The number of hydrogen-bond donors (Lipinski definition) is 1. The second-order valence-corrected chi connectivity index (χ2v) is 4.81. The Labute approximate surface area is 108 Å². The summed E-state index contributed by atoms with van der Waals surface area (Å²) in [5, 5.41) is 0. The lowest BCUT2D eigenvalue weighted by molar-refractivity contribution is 0.0995. The van der Waals surface area contributed by atoms with Gasteiger partial charge in [0.2, 0.25) is 0 Å². The van der Waals surface area contributed by atoms with Crippen LogP contribution in [-0.2, 0) is 0 Å². The Kier molecular flexibility index (Phi) is 3.81. The maximum absolute atomic E-state index is 11.1. The van der Waals surface area contributed by atoms with Gasteiger partial charge in [-0.25, -0.2) is 4.98 Å². The number of pyridine rings is 1. The molecule has 1 amide bonds. The molecule has 0 aromatic carbocycles. The minimum absolute atomic E-state index is 0.201. The first-order valence-electron chi connectivity index (χ1n) is 6.18. The Morgan fingerprint density at radius 1 is 1.56 bits per heavy atom. The van der Waals surface area contributed by atoms with Gasteiger partial charge in [-0.1, -0.05) is 0 Å². The zero-order valence-electron chi connectivity index (χ0n) is 10.9. The molecule has 1 aromatic heterocycles. The molecule has 1 saturated heterocycles. The normalized spacial score (nSPS) is 17.7. The van der Waals surface area contributed by atoms with E-state index in [1.165, 1.54) is 0 Å². The molecule has 5 heteroatoms. The molecule has 0 bridgehead atoms. The highest BCUT2D eigenvalue weighted by Crippen LogP contribution is 2.19. The Hall–Kier alpha value is -1.62. The van der Waals surface area contributed by atoms with Gasteiger partial charge < -0.3 is 15.5 Å². The molecular weight excluding hydrogens is 228 g/mol. The molecule has 2 rings (SSSR count). The van der Waals surface area contributed by atoms with Crippen molar-refractivity contribution in [3.8, 4) is 0 Å². The Balaban J connectivity index is 2.10. The van der Waals surface area contributed by atoms with Gasteiger partial charge >= 0.3 is 0 Å². The van der Waals surface area contributed by atoms with Crippen molar-refractivity contribution in [1.29, 1.82) is 0 Å². The van der Waals surface area contributed by atoms with E-state index < -0.39 is 5.91 Å². The molecule has 5 nitrogen and oxygen atoms in total. The standard InChI is InChI=1S/C13H19N4O/c1-16-8-6-10(7-9-16)17(2)12-5-3-4-11(15-12)13(14)18/h3,5,10H,6-9H2,1-2H3,(H2,14,18). The van der Waals surface area contributed by atoms with E-state index in [0.717, 1.165) is 31.7 Å². The molecule has 1 aliphatic rings. The third-order valence-corrected chi connectivity index (χ3v) is 3.51. The van der Waals surface area contributed by atoms with Crippen LogP contribution in [0, 0.1) is 6.07 Å². The van der Waals surface area contributed by atoms with E-state index in [1.54, 1.807) is 6.07 Å². The van der Waals surface area contributed by atoms with Crippen molar-refractivity contribution in [2.24, 2.45) is 5.73 Å². The molecular formula is C13H19N4O. The summed E-state index contributed by atoms with van der Waals surface area (Å²) in [4.78, 5) is 19.8. The predicted molar refractivity (Wildman–Crippen MR) is 70.5 cm³/mol. The average molecular weight is 247 g/mol. The van der Waals surface area contributed by atoms with Gasteiger partial charge in [0.1, 0.15) is 11.5 Å². The number of carbonyl (C=O) groups excluding carboxylic acids is 1. The van der Waals surface area contributed by atoms with Crippen molar-refractivity contribution in [1.82, 2.24) is 9.88 Å². The number of carbonyl (C=O) groups is 1. The van der Waals surface area contributed by atoms with E-state index in [-0.39, 0.29) is 5.69 Å². The Morgan fingerprint density at radius 3 is 2.83 bits per heavy atom. The number of aromatic nitrogens is 1. The maximum atomic E-state index is 11.1. The number of hydrogen-bond acceptors (Lipinski definition) is 4. The summed E-state index contributed by atoms with van der Waals surface area (Å²) in [6.07, 6.45) is 2.22. The van der Waals surface area contributed by atoms with Crippen LogP contribution in [0.15, 0.2) is 12.1 Å². The van der Waals surface area contributed by atoms with Crippen molar-refractivity contribution in [2.75, 3.05) is 32.1 Å². The third kappa shape index (κ3) is 2.79. The van der Waals surface area contributed by atoms with Gasteiger partial charge in [-0.2, -0.15) is 0 Å². The number of amides is 1. The van der Waals surface area contributed by atoms with E-state index >= 15 is 0 Å². The van der Waals surface area contributed by atoms with Crippen molar-refractivity contribution >= 4 is 11.7 Å². The summed E-state index contributed by atoms with van der Waals surface area (Å²) in [5.74, 6) is 0.255. The summed E-state index contributed by atoms with van der Waals surface area (Å²) in [7, 11) is 4.15. The first-order chi connectivity index (χ1) is 8.58. The number of rotatable bonds is 3. The van der Waals surface area contributed by atoms with Crippen LogP contribution in [0.25, 0.3) is 0 Å². The number of piperidine rings is 1. The molecule has 0 unspecified atom stereocenters. The van der Waals surface area contributed by atoms with Crippen molar-refractivity contribution in [2.45, 2.75) is 18.9 Å². The van der Waals surface area contributed by atoms with Gasteiger partial charge in [0.15, 0.2) is 0 Å². The molecule has 0 atom stereocenters. The first kappa shape index (κ1) is 12.8. The van der Waals surface area contributed by atoms with Crippen molar-refractivity contribution < 1.29 is 4.79 Å². The quantitative estimate of drug-likeness (QED) is 0.845. The van der Waals surface area contributed by atoms with Crippen molar-refractivity contribution in [3.05, 3.63) is 23.9 Å². The highest BCUT2D eigenvalue weighted by Gasteiger charge is 2.21. The molecule has 0 aliphatic carbocycles. The molecule has 1 aromatic rings. The second kappa shape index (κ2) is 5.35. The smallest absolute Gasteiger partial charge is 0.268 e. The number of nitrogens with two attached hydrogens (primary N) is 1. The molecule has 97 valence electrons. The van der Waals surface area contributed by atoms with Crippen LogP contribution in [0.1, 0.15) is 23.3 Å². The lowest BCUT2D eigenvalue weighted by Crippen LogP contribution is -2.42. The zero-order valence-corrected chi connectivity index (χ0v) is 10.9. The number of primary amides is 1. The van der Waals surface area contributed by atoms with Gasteiger partial charge in [-0.15, -0.1) is 0 Å². The highest BCUT2D eigenvalue weighted by molar-refractivity contribution is 5.90. The summed E-state index contributed by atoms with van der Waals surface area (Å²) >= 11 is 0. The zero-order chi connectivity index (χ0) is 13.1. The lowest BCUT2D eigenvalue weighted by Gasteiger charge is -2.35. The highest BCUT2D eigenvalue weighted by atomic mass is 16.1. The monoisotopic (exact) mass is 247 g/mol. The number of nitrogens with zero attached hydrogens (tertiary/aromatic N) is 3. The SMILES string of the molecule is CN1CCC(N(C)c2cc[c]c(C(N)=O)n2)CC1. The molecule has 0 spiro atoms. The van der Waals surface area contributed by atoms with Crippen molar-refractivity contribution in [3.63, 3.8) is 0 Å². The van der Waals surface area contributed by atoms with Crippen LogP contribution in [0.2, 0.25) is 0 Å². The minimum atomic E-state index is -0.534. The summed E-state index contributed by atoms with van der Waals surface area (Å²) in [6.45, 7) is 2.19. The largest absolute Gasteiger partial charge is 0.364 e. The molecule has 2 N–H and O–H groups in total. The van der Waals surface area contributed by atoms with Gasteiger partial charge in [0.25, 0.3) is 5.91 Å². The van der Waals surface area contributed by atoms with E-state index in [9.17, 15) is 4.79 Å². The number of anilines is 1. The van der Waals surface area contributed by atoms with Gasteiger partial charge in [-0.05, 0) is 45.1 Å². The summed E-state index contributed by atoms with van der Waals surface area (Å²) < 4.78 is 0. The van der Waals surface area contributed by atoms with Crippen LogP contribution in [-0.4, -0.2) is 49.0 Å². The molecule has 18 heavy (non-hydrogen) atoms. The van der Waals surface area contributed by atoms with E-state index in [2.05, 4.69) is 27.9 Å². The fraction of sp³-hybridized carbons (Fsp3) is 0.538. The maximum Gasteiger partial charge on any atom is 0.268 e. The molecule has 1 fully saturated rings. The van der Waals surface area contributed by atoms with Gasteiger partial charge in [0, 0.05) is 19.2 Å². The fourth-order valence-electron chi connectivity index (χ4n) is 2.27. The van der Waals surface area contributed by atoms with Gasteiger partial charge in [-0.3, -0.25) is 4.79 Å². The first-order valence-corrected chi connectivity index (χ1v) is 6.18. The molecule has 2 heterocycles. The topological polar surface area (TPSA) is 62.5 Å². The summed E-state index contributed by atoms with van der Waals surface area (Å²) in [6, 6.07) is 6.79. The van der Waals surface area contributed by atoms with Crippen LogP contribution < -0.4 is 10.6 Å². The molecule has 1 radical (unpaired) electrons. The van der Waals surface area contributed by atoms with E-state index in [1.807, 2.05) is 13.1 Å². The van der Waals surface area contributed by atoms with E-state index in [0.29, 0.717) is 6.04 Å². The predicted octanol–water partition coefficient (Wildman–Crippen LogP) is 0.511. The molecule has 1 aliphatic heterocycles. The van der Waals surface area contributed by atoms with E-state index in [4.69, 9.17) is 5.73 Å². The minimum Gasteiger partial charge on any atom is -0.364 e. The van der Waals surface area contributed by atoms with Crippen LogP contribution >= 0.6 is 0 Å². The number of likely N-dealkylation sites (tertiary alicyclic amines) is 1. The Morgan fingerprint density at radius 2 is 2.22 bits per heavy atom. The third-order valence-electron chi connectivity index (χ3n) is 3.51. The molecule has 0 saturated carbocycles.